The van der Waals surface area contributed by atoms with Gasteiger partial charge >= 0.3 is 17.9 Å². The molecule has 8 heteroatoms. The Bertz CT molecular complexity index is 1290. The molecule has 0 saturated heterocycles. The number of unbranched alkanes of at least 4 members (excludes halogenated alkanes) is 4. The van der Waals surface area contributed by atoms with Gasteiger partial charge in [-0.15, -0.1) is 0 Å². The maximum atomic E-state index is 12.7. The molecule has 0 aliphatic carbocycles. The van der Waals surface area contributed by atoms with E-state index in [1.165, 1.54) is 0 Å². The summed E-state index contributed by atoms with van der Waals surface area (Å²) in [7, 11) is 5.48. The molecule has 320 valence electrons. The smallest absolute Gasteiger partial charge is 0.362 e. The summed E-state index contributed by atoms with van der Waals surface area (Å²) < 4.78 is 17.2. The normalized spacial score (nSPS) is 14.1. The molecule has 8 nitrogen and oxygen atoms in total. The van der Waals surface area contributed by atoms with Gasteiger partial charge in [-0.2, -0.15) is 0 Å². The molecule has 0 heterocycles. The van der Waals surface area contributed by atoms with Crippen molar-refractivity contribution in [2.45, 2.75) is 142 Å². The third kappa shape index (κ3) is 37.3. The van der Waals surface area contributed by atoms with Crippen LogP contribution in [0.25, 0.3) is 0 Å². The number of carbonyl (C=O) groups is 3. The van der Waals surface area contributed by atoms with Crippen molar-refractivity contribution in [1.82, 2.24) is 0 Å². The van der Waals surface area contributed by atoms with Crippen LogP contribution in [-0.2, 0) is 28.6 Å². The topological polar surface area (TPSA) is 99.1 Å². The highest BCUT2D eigenvalue weighted by atomic mass is 16.6. The highest BCUT2D eigenvalue weighted by Gasteiger charge is 2.31. The first kappa shape index (κ1) is 53.0. The van der Waals surface area contributed by atoms with Crippen molar-refractivity contribution < 1.29 is 38.2 Å². The molecule has 1 N–H and O–H groups in total. The highest BCUT2D eigenvalue weighted by molar-refractivity contribution is 5.72. The molecule has 0 radical (unpaired) electrons. The lowest BCUT2D eigenvalue weighted by molar-refractivity contribution is -0.887. The summed E-state index contributed by atoms with van der Waals surface area (Å²) in [6.45, 7) is 4.38. The third-order valence-electron chi connectivity index (χ3n) is 8.67. The Kier molecular flexibility index (Phi) is 36.1. The second-order valence-corrected chi connectivity index (χ2v) is 14.8. The van der Waals surface area contributed by atoms with Gasteiger partial charge in [-0.05, 0) is 89.9 Å². The van der Waals surface area contributed by atoms with Gasteiger partial charge in [0.15, 0.2) is 12.1 Å². The van der Waals surface area contributed by atoms with E-state index in [2.05, 4.69) is 123 Å². The number of carbonyl (C=O) groups excluding carboxylic acids is 2. The van der Waals surface area contributed by atoms with Gasteiger partial charge in [0.2, 0.25) is 0 Å². The fourth-order valence-electron chi connectivity index (χ4n) is 5.41. The monoisotopic (exact) mass is 793 g/mol. The zero-order chi connectivity index (χ0) is 42.1. The Morgan fingerprint density at radius 2 is 0.947 bits per heavy atom. The maximum Gasteiger partial charge on any atom is 0.362 e. The zero-order valence-corrected chi connectivity index (χ0v) is 36.2. The Balaban J connectivity index is 4.55. The van der Waals surface area contributed by atoms with Crippen molar-refractivity contribution in [2.75, 3.05) is 41.0 Å². The number of hydrogen-bond acceptors (Lipinski definition) is 6. The third-order valence-corrected chi connectivity index (χ3v) is 8.67. The van der Waals surface area contributed by atoms with Gasteiger partial charge in [-0.3, -0.25) is 9.59 Å². The number of nitrogens with zero attached hydrogens (tertiary/aromatic N) is 1. The SMILES string of the molecule is CC/C=C/C/C=C/C/C=C/C/C=C/C/C=C/CCCC(=O)OC(COCCC(C(=O)O)[N+](C)(C)C)COC(=O)CCCCC/C=C/C/C=C/C/C=C/C/C=C/CC. The molecule has 57 heavy (non-hydrogen) atoms. The van der Waals surface area contributed by atoms with E-state index >= 15 is 0 Å². The van der Waals surface area contributed by atoms with E-state index in [9.17, 15) is 19.5 Å². The number of carboxylic acids is 1. The average Bonchev–Trinajstić information content (AvgIpc) is 3.17. The van der Waals surface area contributed by atoms with Crippen molar-refractivity contribution in [1.29, 1.82) is 0 Å². The number of quaternary nitrogens is 1. The largest absolute Gasteiger partial charge is 0.477 e. The summed E-state index contributed by atoms with van der Waals surface area (Å²) in [4.78, 5) is 36.9. The van der Waals surface area contributed by atoms with Crippen LogP contribution in [0.5, 0.6) is 0 Å². The molecule has 0 bridgehead atoms. The molecule has 0 amide bonds. The summed E-state index contributed by atoms with van der Waals surface area (Å²) in [6, 6.07) is -0.636. The summed E-state index contributed by atoms with van der Waals surface area (Å²) in [5.41, 5.74) is 0. The minimum atomic E-state index is -0.894. The molecular weight excluding hydrogens is 715 g/mol. The molecule has 2 atom stereocenters. The van der Waals surface area contributed by atoms with Gasteiger partial charge < -0.3 is 23.8 Å². The molecule has 0 aromatic rings. The van der Waals surface area contributed by atoms with E-state index in [4.69, 9.17) is 14.2 Å². The lowest BCUT2D eigenvalue weighted by Gasteiger charge is -2.31. The van der Waals surface area contributed by atoms with Crippen LogP contribution >= 0.6 is 0 Å². The number of ether oxygens (including phenoxy) is 3. The first-order valence-electron chi connectivity index (χ1n) is 21.4. The summed E-state index contributed by atoms with van der Waals surface area (Å²) in [5, 5.41) is 9.61. The summed E-state index contributed by atoms with van der Waals surface area (Å²) in [5.74, 6) is -1.60. The van der Waals surface area contributed by atoms with Gasteiger partial charge in [0, 0.05) is 19.3 Å². The molecule has 2 unspecified atom stereocenters. The first-order valence-corrected chi connectivity index (χ1v) is 21.4. The lowest BCUT2D eigenvalue weighted by atomic mass is 10.1. The van der Waals surface area contributed by atoms with E-state index in [0.29, 0.717) is 19.3 Å². The fraction of sp³-hybridized carbons (Fsp3) is 0.571. The van der Waals surface area contributed by atoms with Gasteiger partial charge in [0.25, 0.3) is 0 Å². The van der Waals surface area contributed by atoms with Gasteiger partial charge in [0.05, 0.1) is 34.4 Å². The lowest BCUT2D eigenvalue weighted by Crippen LogP contribution is -2.50. The molecule has 0 aromatic carbocycles. The van der Waals surface area contributed by atoms with Crippen LogP contribution in [0.2, 0.25) is 0 Å². The quantitative estimate of drug-likeness (QED) is 0.0292. The molecule has 0 rings (SSSR count). The van der Waals surface area contributed by atoms with Crippen LogP contribution in [-0.4, -0.2) is 80.6 Å². The van der Waals surface area contributed by atoms with Crippen molar-refractivity contribution in [3.63, 3.8) is 0 Å². The molecular formula is C49H78NO7+. The van der Waals surface area contributed by atoms with Gasteiger partial charge in [0.1, 0.15) is 6.61 Å². The number of rotatable bonds is 36. The standard InChI is InChI=1S/C49H77NO7/c1-6-8-10-12-14-16-18-20-22-24-26-28-30-32-34-36-38-40-48(52)57-45(43-55-42-41-46(49(53)54)50(3,4)5)44-56-47(51)39-37-35-33-31-29-27-25-23-21-19-17-15-13-11-9-7-2/h8-11,14-17,20-23,26-29,32,34,45-46H,6-7,12-13,18-19,24-25,30-31,33,35-44H2,1-5H3/p+1/b10-8+,11-9+,16-14+,17-15+,22-20+,23-21+,28-26+,29-27+,34-32+. The van der Waals surface area contributed by atoms with Crippen LogP contribution in [0.4, 0.5) is 0 Å². The number of aliphatic carboxylic acids is 1. The predicted molar refractivity (Wildman–Crippen MR) is 238 cm³/mol. The minimum Gasteiger partial charge on any atom is -0.477 e. The molecule has 0 aliphatic rings. The van der Waals surface area contributed by atoms with Crippen LogP contribution in [0.15, 0.2) is 109 Å². The van der Waals surface area contributed by atoms with E-state index in [0.717, 1.165) is 89.9 Å². The van der Waals surface area contributed by atoms with Crippen LogP contribution in [0.3, 0.4) is 0 Å². The molecule has 0 aromatic heterocycles. The van der Waals surface area contributed by atoms with Gasteiger partial charge in [-0.1, -0.05) is 130 Å². The first-order chi connectivity index (χ1) is 27.6. The Hall–Kier alpha value is -4.01. The number of likely N-dealkylation sites (N-methyl/N-ethyl adjacent to an activating group) is 1. The Morgan fingerprint density at radius 1 is 0.526 bits per heavy atom. The predicted octanol–water partition coefficient (Wildman–Crippen LogP) is 11.7. The summed E-state index contributed by atoms with van der Waals surface area (Å²) in [6.07, 6.45) is 52.8. The Labute approximate surface area is 347 Å². The number of carboxylic acid groups (broad SMARTS) is 1. The second-order valence-electron chi connectivity index (χ2n) is 14.8. The van der Waals surface area contributed by atoms with Crippen molar-refractivity contribution >= 4 is 17.9 Å². The van der Waals surface area contributed by atoms with Crippen LogP contribution in [0, 0.1) is 0 Å². The Morgan fingerprint density at radius 3 is 1.39 bits per heavy atom. The van der Waals surface area contributed by atoms with E-state index < -0.39 is 18.1 Å². The van der Waals surface area contributed by atoms with E-state index in [1.807, 2.05) is 21.1 Å². The second kappa shape index (κ2) is 38.8. The minimum absolute atomic E-state index is 0.0200. The molecule has 0 spiro atoms. The number of esters is 2. The number of hydrogen-bond donors (Lipinski definition) is 1. The van der Waals surface area contributed by atoms with Crippen LogP contribution in [0.1, 0.15) is 129 Å². The van der Waals surface area contributed by atoms with Gasteiger partial charge in [-0.25, -0.2) is 4.79 Å². The van der Waals surface area contributed by atoms with Crippen LogP contribution < -0.4 is 0 Å². The van der Waals surface area contributed by atoms with E-state index in [-0.39, 0.29) is 42.7 Å². The van der Waals surface area contributed by atoms with Crippen molar-refractivity contribution in [2.24, 2.45) is 0 Å². The number of allylic oxidation sites excluding steroid dienone is 18. The van der Waals surface area contributed by atoms with Crippen molar-refractivity contribution in [3.8, 4) is 0 Å². The van der Waals surface area contributed by atoms with E-state index in [1.54, 1.807) is 0 Å². The molecule has 0 saturated carbocycles. The fourth-order valence-corrected chi connectivity index (χ4v) is 5.41. The zero-order valence-electron chi connectivity index (χ0n) is 36.2. The van der Waals surface area contributed by atoms with Crippen molar-refractivity contribution in [3.05, 3.63) is 109 Å². The highest BCUT2D eigenvalue weighted by Crippen LogP contribution is 2.11. The molecule has 0 aliphatic heterocycles. The average molecular weight is 793 g/mol. The summed E-state index contributed by atoms with van der Waals surface area (Å²) >= 11 is 0. The molecule has 0 fully saturated rings. The maximum absolute atomic E-state index is 12.7.